The van der Waals surface area contributed by atoms with Crippen molar-refractivity contribution in [3.63, 3.8) is 0 Å². The molecule has 3 heterocycles. The van der Waals surface area contributed by atoms with Gasteiger partial charge in [-0.25, -0.2) is 13.6 Å². The smallest absolute Gasteiger partial charge is 0.410 e. The minimum absolute atomic E-state index is 0.0528. The number of likely N-dealkylation sites (tertiary alicyclic amines) is 1. The van der Waals surface area contributed by atoms with Crippen molar-refractivity contribution >= 4 is 34.5 Å². The number of halogens is 2. The molecule has 0 bridgehead atoms. The number of piperidine rings is 2. The van der Waals surface area contributed by atoms with Crippen LogP contribution in [0.3, 0.4) is 0 Å². The number of anilines is 1. The maximum atomic E-state index is 14.9. The maximum absolute atomic E-state index is 14.9. The Balaban J connectivity index is 1.50. The molecule has 2 aromatic rings. The zero-order chi connectivity index (χ0) is 24.8. The first kappa shape index (κ1) is 23.9. The van der Waals surface area contributed by atoms with Gasteiger partial charge in [0.05, 0.1) is 29.7 Å². The van der Waals surface area contributed by atoms with Crippen LogP contribution in [0.25, 0.3) is 10.9 Å². The predicted octanol–water partition coefficient (Wildman–Crippen LogP) is 3.15. The van der Waals surface area contributed by atoms with Gasteiger partial charge in [-0.05, 0) is 51.8 Å². The lowest BCUT2D eigenvalue weighted by molar-refractivity contribution is -0.134. The lowest BCUT2D eigenvalue weighted by Gasteiger charge is -2.39. The van der Waals surface area contributed by atoms with Crippen molar-refractivity contribution in [3.8, 4) is 0 Å². The fourth-order valence-electron chi connectivity index (χ4n) is 4.39. The van der Waals surface area contributed by atoms with Crippen LogP contribution in [0.2, 0.25) is 0 Å². The van der Waals surface area contributed by atoms with E-state index in [0.717, 1.165) is 10.3 Å². The lowest BCUT2D eigenvalue weighted by Crippen LogP contribution is -2.56. The Bertz CT molecular complexity index is 1140. The number of carbonyl (C=O) groups is 3. The Morgan fingerprint density at radius 2 is 2.00 bits per heavy atom. The summed E-state index contributed by atoms with van der Waals surface area (Å²) in [6.45, 7) is 4.50. The molecule has 2 aliphatic rings. The van der Waals surface area contributed by atoms with E-state index in [1.54, 1.807) is 50.7 Å². The van der Waals surface area contributed by atoms with Crippen LogP contribution in [-0.2, 0) is 21.4 Å². The Morgan fingerprint density at radius 1 is 1.26 bits per heavy atom. The van der Waals surface area contributed by atoms with Crippen LogP contribution in [0.15, 0.2) is 18.2 Å². The van der Waals surface area contributed by atoms with Crippen LogP contribution in [0, 0.1) is 0 Å². The molecular formula is C23H29F2N5O4. The maximum Gasteiger partial charge on any atom is 0.410 e. The molecule has 0 saturated carbocycles. The van der Waals surface area contributed by atoms with Crippen molar-refractivity contribution in [1.82, 2.24) is 20.0 Å². The summed E-state index contributed by atoms with van der Waals surface area (Å²) in [6, 6.07) is 3.98. The average Bonchev–Trinajstić information content (AvgIpc) is 3.04. The molecule has 1 aromatic carbocycles. The number of imide groups is 1. The Morgan fingerprint density at radius 3 is 2.65 bits per heavy atom. The van der Waals surface area contributed by atoms with E-state index in [0.29, 0.717) is 23.3 Å². The van der Waals surface area contributed by atoms with E-state index in [4.69, 9.17) is 4.74 Å². The molecule has 2 N–H and O–H groups in total. The fourth-order valence-corrected chi connectivity index (χ4v) is 4.39. The van der Waals surface area contributed by atoms with Gasteiger partial charge in [0, 0.05) is 31.1 Å². The number of aromatic nitrogens is 2. The van der Waals surface area contributed by atoms with Gasteiger partial charge in [0.25, 0.3) is 5.92 Å². The molecule has 184 valence electrons. The monoisotopic (exact) mass is 477 g/mol. The summed E-state index contributed by atoms with van der Waals surface area (Å²) in [6.07, 6.45) is -0.0790. The summed E-state index contributed by atoms with van der Waals surface area (Å²) < 4.78 is 36.7. The van der Waals surface area contributed by atoms with Crippen molar-refractivity contribution in [2.45, 2.75) is 63.5 Å². The molecular weight excluding hydrogens is 448 g/mol. The molecule has 2 aliphatic heterocycles. The van der Waals surface area contributed by atoms with Gasteiger partial charge in [-0.2, -0.15) is 5.10 Å². The summed E-state index contributed by atoms with van der Waals surface area (Å²) in [5, 5.41) is 10.5. The van der Waals surface area contributed by atoms with Crippen LogP contribution in [0.4, 0.5) is 19.3 Å². The predicted molar refractivity (Wildman–Crippen MR) is 121 cm³/mol. The van der Waals surface area contributed by atoms with Gasteiger partial charge in [0.2, 0.25) is 11.8 Å². The van der Waals surface area contributed by atoms with Gasteiger partial charge in [-0.1, -0.05) is 0 Å². The molecule has 0 radical (unpaired) electrons. The lowest BCUT2D eigenvalue weighted by atomic mass is 9.92. The highest BCUT2D eigenvalue weighted by Gasteiger charge is 2.46. The average molecular weight is 478 g/mol. The minimum Gasteiger partial charge on any atom is -0.444 e. The van der Waals surface area contributed by atoms with Crippen molar-refractivity contribution in [2.24, 2.45) is 7.05 Å². The summed E-state index contributed by atoms with van der Waals surface area (Å²) in [7, 11) is 1.72. The summed E-state index contributed by atoms with van der Waals surface area (Å²) >= 11 is 0. The molecule has 2 fully saturated rings. The van der Waals surface area contributed by atoms with E-state index in [1.165, 1.54) is 0 Å². The quantitative estimate of drug-likeness (QED) is 0.658. The molecule has 2 atom stereocenters. The van der Waals surface area contributed by atoms with E-state index >= 15 is 0 Å². The molecule has 9 nitrogen and oxygen atoms in total. The van der Waals surface area contributed by atoms with Gasteiger partial charge >= 0.3 is 6.09 Å². The molecule has 0 aliphatic carbocycles. The van der Waals surface area contributed by atoms with Crippen molar-refractivity contribution in [1.29, 1.82) is 0 Å². The number of hydrogen-bond acceptors (Lipinski definition) is 6. The van der Waals surface area contributed by atoms with Gasteiger partial charge in [-0.15, -0.1) is 0 Å². The highest BCUT2D eigenvalue weighted by Crippen LogP contribution is 2.34. The molecule has 2 saturated heterocycles. The number of hydrogen-bond donors (Lipinski definition) is 2. The largest absolute Gasteiger partial charge is 0.444 e. The zero-order valence-corrected chi connectivity index (χ0v) is 19.7. The number of benzene rings is 1. The fraction of sp³-hybridized carbons (Fsp3) is 0.565. The van der Waals surface area contributed by atoms with E-state index in [-0.39, 0.29) is 31.2 Å². The molecule has 3 amide bonds. The number of rotatable bonds is 3. The number of carbonyl (C=O) groups excluding carboxylic acids is 3. The third kappa shape index (κ3) is 4.83. The van der Waals surface area contributed by atoms with E-state index in [9.17, 15) is 23.2 Å². The highest BCUT2D eigenvalue weighted by atomic mass is 19.3. The molecule has 11 heteroatoms. The molecule has 1 aromatic heterocycles. The molecule has 0 spiro atoms. The number of alkyl halides is 2. The second kappa shape index (κ2) is 8.52. The standard InChI is InChI=1S/C23H29F2N5O4/c1-22(2,3)34-21(33)30-10-9-17(23(24,25)12-30)26-13-5-6-14-16(11-13)29(4)28-19(14)15-7-8-18(31)27-20(15)32/h5-6,11,15,17,26H,7-10,12H2,1-4H3,(H,27,31,32). The SMILES string of the molecule is Cn1nc(C2CCC(=O)NC2=O)c2ccc(NC3CCN(C(=O)OC(C)(C)C)CC3(F)F)cc21. The van der Waals surface area contributed by atoms with Crippen molar-refractivity contribution < 1.29 is 27.9 Å². The number of amides is 3. The van der Waals surface area contributed by atoms with Gasteiger partial charge in [-0.3, -0.25) is 19.6 Å². The van der Waals surface area contributed by atoms with Crippen LogP contribution < -0.4 is 10.6 Å². The molecule has 34 heavy (non-hydrogen) atoms. The van der Waals surface area contributed by atoms with Crippen molar-refractivity contribution in [3.05, 3.63) is 23.9 Å². The highest BCUT2D eigenvalue weighted by molar-refractivity contribution is 6.02. The Kier molecular flexibility index (Phi) is 5.99. The number of fused-ring (bicyclic) bond motifs is 1. The first-order valence-electron chi connectivity index (χ1n) is 11.3. The number of ether oxygens (including phenoxy) is 1. The zero-order valence-electron chi connectivity index (χ0n) is 19.7. The summed E-state index contributed by atoms with van der Waals surface area (Å²) in [4.78, 5) is 37.0. The normalized spacial score (nSPS) is 23.1. The second-order valence-electron chi connectivity index (χ2n) is 9.89. The third-order valence-corrected chi connectivity index (χ3v) is 6.04. The van der Waals surface area contributed by atoms with Crippen LogP contribution in [-0.4, -0.2) is 63.2 Å². The summed E-state index contributed by atoms with van der Waals surface area (Å²) in [5.41, 5.74) is 0.970. The van der Waals surface area contributed by atoms with E-state index in [2.05, 4.69) is 15.7 Å². The number of nitrogens with one attached hydrogen (secondary N) is 2. The van der Waals surface area contributed by atoms with Crippen LogP contribution in [0.1, 0.15) is 51.6 Å². The van der Waals surface area contributed by atoms with Crippen molar-refractivity contribution in [2.75, 3.05) is 18.4 Å². The number of nitrogens with zero attached hydrogens (tertiary/aromatic N) is 3. The van der Waals surface area contributed by atoms with Gasteiger partial charge in [0.15, 0.2) is 0 Å². The summed E-state index contributed by atoms with van der Waals surface area (Å²) in [5.74, 6) is -4.38. The third-order valence-electron chi connectivity index (χ3n) is 6.04. The second-order valence-corrected chi connectivity index (χ2v) is 9.89. The van der Waals surface area contributed by atoms with E-state index in [1.807, 2.05) is 0 Å². The van der Waals surface area contributed by atoms with Gasteiger partial charge < -0.3 is 15.0 Å². The van der Waals surface area contributed by atoms with Crippen LogP contribution >= 0.6 is 0 Å². The minimum atomic E-state index is -3.16. The Hall–Kier alpha value is -3.24. The van der Waals surface area contributed by atoms with Crippen LogP contribution in [0.5, 0.6) is 0 Å². The Labute approximate surface area is 195 Å². The van der Waals surface area contributed by atoms with Gasteiger partial charge in [0.1, 0.15) is 5.60 Å². The molecule has 2 unspecified atom stereocenters. The number of aryl methyl sites for hydroxylation is 1. The molecule has 4 rings (SSSR count). The topological polar surface area (TPSA) is 106 Å². The first-order valence-corrected chi connectivity index (χ1v) is 11.3. The van der Waals surface area contributed by atoms with E-state index < -0.39 is 36.1 Å². The first-order chi connectivity index (χ1) is 15.8.